The van der Waals surface area contributed by atoms with Gasteiger partial charge in [0.1, 0.15) is 25.6 Å². The Bertz CT molecular complexity index is 1350. The Hall–Kier alpha value is -3.99. The highest BCUT2D eigenvalue weighted by atomic mass is 32.2. The summed E-state index contributed by atoms with van der Waals surface area (Å²) in [5.74, 6) is 0.669. The van der Waals surface area contributed by atoms with Crippen LogP contribution in [-0.4, -0.2) is 48.3 Å². The van der Waals surface area contributed by atoms with Gasteiger partial charge in [0, 0.05) is 12.6 Å². The summed E-state index contributed by atoms with van der Waals surface area (Å²) in [5.41, 5.74) is 0.858. The summed E-state index contributed by atoms with van der Waals surface area (Å²) in [6.45, 7) is 0.244. The number of hydrogen-bond donors (Lipinski definition) is 1. The average Bonchev–Trinajstić information content (AvgIpc) is 2.90. The number of nitrogens with one attached hydrogen (secondary N) is 1. The number of sulfonamides is 1. The number of benzene rings is 3. The van der Waals surface area contributed by atoms with Crippen LogP contribution in [0.1, 0.15) is 5.56 Å². The lowest BCUT2D eigenvalue weighted by Crippen LogP contribution is -2.40. The first-order chi connectivity index (χ1) is 17.3. The van der Waals surface area contributed by atoms with E-state index >= 15 is 0 Å². The van der Waals surface area contributed by atoms with Gasteiger partial charge in [-0.1, -0.05) is 6.07 Å². The fraction of sp³-hybridized carbons (Fsp3) is 0.240. The van der Waals surface area contributed by atoms with Crippen LogP contribution >= 0.6 is 0 Å². The van der Waals surface area contributed by atoms with E-state index in [9.17, 15) is 17.6 Å². The molecule has 0 aromatic heterocycles. The van der Waals surface area contributed by atoms with Gasteiger partial charge in [0.15, 0.2) is 23.0 Å². The highest BCUT2D eigenvalue weighted by Gasteiger charge is 2.29. The molecule has 0 saturated heterocycles. The molecule has 1 aliphatic heterocycles. The lowest BCUT2D eigenvalue weighted by molar-refractivity contribution is -0.119. The first-order valence-corrected chi connectivity index (χ1v) is 12.4. The Balaban J connectivity index is 1.57. The highest BCUT2D eigenvalue weighted by molar-refractivity contribution is 7.92. The number of hydrogen-bond acceptors (Lipinski definition) is 7. The van der Waals surface area contributed by atoms with Crippen molar-refractivity contribution in [2.75, 3.05) is 38.3 Å². The van der Waals surface area contributed by atoms with Crippen LogP contribution in [0, 0.1) is 5.82 Å². The van der Waals surface area contributed by atoms with Crippen molar-refractivity contribution < 1.29 is 36.6 Å². The smallest absolute Gasteiger partial charge is 0.264 e. The Morgan fingerprint density at radius 2 is 1.64 bits per heavy atom. The largest absolute Gasteiger partial charge is 0.493 e. The Kier molecular flexibility index (Phi) is 7.49. The maximum atomic E-state index is 13.6. The molecule has 0 unspecified atom stereocenters. The molecule has 0 fully saturated rings. The summed E-state index contributed by atoms with van der Waals surface area (Å²) < 4.78 is 63.1. The number of ether oxygens (including phenoxy) is 4. The number of amides is 1. The molecule has 0 bridgehead atoms. The fourth-order valence-corrected chi connectivity index (χ4v) is 5.05. The second-order valence-electron chi connectivity index (χ2n) is 7.76. The van der Waals surface area contributed by atoms with E-state index in [0.717, 1.165) is 22.0 Å². The minimum atomic E-state index is -4.22. The molecule has 3 aromatic rings. The van der Waals surface area contributed by atoms with Crippen LogP contribution in [0.15, 0.2) is 65.6 Å². The maximum Gasteiger partial charge on any atom is 0.264 e. The highest BCUT2D eigenvalue weighted by Crippen LogP contribution is 2.34. The molecule has 0 spiro atoms. The van der Waals surface area contributed by atoms with Crippen molar-refractivity contribution >= 4 is 21.6 Å². The van der Waals surface area contributed by atoms with Crippen LogP contribution < -0.4 is 28.6 Å². The van der Waals surface area contributed by atoms with Crippen LogP contribution in [0.4, 0.5) is 10.1 Å². The van der Waals surface area contributed by atoms with Gasteiger partial charge in [-0.15, -0.1) is 0 Å². The molecule has 190 valence electrons. The van der Waals surface area contributed by atoms with Crippen LogP contribution in [-0.2, 0) is 21.4 Å². The van der Waals surface area contributed by atoms with Crippen molar-refractivity contribution in [2.24, 2.45) is 0 Å². The molecule has 0 atom stereocenters. The van der Waals surface area contributed by atoms with Crippen molar-refractivity contribution in [3.05, 3.63) is 72.0 Å². The third-order valence-corrected chi connectivity index (χ3v) is 7.21. The molecule has 11 heteroatoms. The monoisotopic (exact) mass is 516 g/mol. The Labute approximate surface area is 208 Å². The summed E-state index contributed by atoms with van der Waals surface area (Å²) in [6.07, 6.45) is 0. The average molecular weight is 517 g/mol. The van der Waals surface area contributed by atoms with E-state index in [2.05, 4.69) is 5.32 Å². The van der Waals surface area contributed by atoms with Gasteiger partial charge in [0.25, 0.3) is 10.0 Å². The van der Waals surface area contributed by atoms with E-state index in [0.29, 0.717) is 29.6 Å². The topological polar surface area (TPSA) is 103 Å². The van der Waals surface area contributed by atoms with E-state index in [-0.39, 0.29) is 23.7 Å². The summed E-state index contributed by atoms with van der Waals surface area (Å²) in [4.78, 5) is 12.8. The molecular formula is C25H25FN2O7S. The normalized spacial score (nSPS) is 12.5. The van der Waals surface area contributed by atoms with Gasteiger partial charge in [-0.2, -0.15) is 0 Å². The first-order valence-electron chi connectivity index (χ1n) is 11.0. The summed E-state index contributed by atoms with van der Waals surface area (Å²) >= 11 is 0. The van der Waals surface area contributed by atoms with E-state index in [1.807, 2.05) is 0 Å². The zero-order valence-electron chi connectivity index (χ0n) is 19.7. The molecule has 1 amide bonds. The van der Waals surface area contributed by atoms with Crippen LogP contribution in [0.5, 0.6) is 23.0 Å². The van der Waals surface area contributed by atoms with Crippen molar-refractivity contribution in [1.29, 1.82) is 0 Å². The lowest BCUT2D eigenvalue weighted by atomic mass is 10.2. The standard InChI is InChI=1S/C25H25FN2O7S/c1-32-21-9-3-17(13-23(21)33-2)15-27-25(29)16-28(19-6-4-18(26)5-7-19)36(30,31)20-8-10-22-24(14-20)35-12-11-34-22/h3-10,13-14H,11-12,15-16H2,1-2H3,(H,27,29). The Morgan fingerprint density at radius 3 is 2.33 bits per heavy atom. The van der Waals surface area contributed by atoms with Crippen LogP contribution in [0.3, 0.4) is 0 Å². The van der Waals surface area contributed by atoms with Gasteiger partial charge in [-0.3, -0.25) is 9.10 Å². The number of carbonyl (C=O) groups excluding carboxylic acids is 1. The van der Waals surface area contributed by atoms with Gasteiger partial charge in [0.2, 0.25) is 5.91 Å². The first kappa shape index (κ1) is 25.1. The van der Waals surface area contributed by atoms with Gasteiger partial charge >= 0.3 is 0 Å². The second kappa shape index (κ2) is 10.7. The van der Waals surface area contributed by atoms with Crippen LogP contribution in [0.25, 0.3) is 0 Å². The summed E-state index contributed by atoms with van der Waals surface area (Å²) in [6, 6.07) is 14.3. The number of methoxy groups -OCH3 is 2. The van der Waals surface area contributed by atoms with E-state index in [1.54, 1.807) is 18.2 Å². The van der Waals surface area contributed by atoms with Gasteiger partial charge in [-0.25, -0.2) is 12.8 Å². The molecular weight excluding hydrogens is 491 g/mol. The lowest BCUT2D eigenvalue weighted by Gasteiger charge is -2.25. The molecule has 0 aliphatic carbocycles. The number of fused-ring (bicyclic) bond motifs is 1. The van der Waals surface area contributed by atoms with Crippen molar-refractivity contribution in [2.45, 2.75) is 11.4 Å². The number of carbonyl (C=O) groups is 1. The predicted molar refractivity (Wildman–Crippen MR) is 130 cm³/mol. The van der Waals surface area contributed by atoms with Crippen molar-refractivity contribution in [3.63, 3.8) is 0 Å². The van der Waals surface area contributed by atoms with Crippen molar-refractivity contribution in [1.82, 2.24) is 5.32 Å². The molecule has 1 heterocycles. The van der Waals surface area contributed by atoms with E-state index in [4.69, 9.17) is 18.9 Å². The zero-order valence-corrected chi connectivity index (χ0v) is 20.5. The maximum absolute atomic E-state index is 13.6. The minimum absolute atomic E-state index is 0.0937. The third-order valence-electron chi connectivity index (χ3n) is 5.44. The minimum Gasteiger partial charge on any atom is -0.493 e. The van der Waals surface area contributed by atoms with Gasteiger partial charge in [-0.05, 0) is 54.1 Å². The van der Waals surface area contributed by atoms with Gasteiger partial charge < -0.3 is 24.3 Å². The molecule has 9 nitrogen and oxygen atoms in total. The summed E-state index contributed by atoms with van der Waals surface area (Å²) in [5, 5.41) is 2.71. The van der Waals surface area contributed by atoms with Gasteiger partial charge in [0.05, 0.1) is 24.8 Å². The SMILES string of the molecule is COc1ccc(CNC(=O)CN(c2ccc(F)cc2)S(=O)(=O)c2ccc3c(c2)OCCO3)cc1OC. The molecule has 1 N–H and O–H groups in total. The molecule has 4 rings (SSSR count). The summed E-state index contributed by atoms with van der Waals surface area (Å²) in [7, 11) is -1.20. The van der Waals surface area contributed by atoms with E-state index < -0.39 is 28.3 Å². The molecule has 0 radical (unpaired) electrons. The molecule has 1 aliphatic rings. The molecule has 3 aromatic carbocycles. The number of halogens is 1. The number of anilines is 1. The third kappa shape index (κ3) is 5.46. The number of nitrogens with zero attached hydrogens (tertiary/aromatic N) is 1. The molecule has 0 saturated carbocycles. The quantitative estimate of drug-likeness (QED) is 0.466. The predicted octanol–water partition coefficient (Wildman–Crippen LogP) is 3.13. The molecule has 36 heavy (non-hydrogen) atoms. The number of rotatable bonds is 9. The fourth-order valence-electron chi connectivity index (χ4n) is 3.61. The zero-order chi connectivity index (χ0) is 25.7. The van der Waals surface area contributed by atoms with Crippen molar-refractivity contribution in [3.8, 4) is 23.0 Å². The van der Waals surface area contributed by atoms with Crippen LogP contribution in [0.2, 0.25) is 0 Å². The van der Waals surface area contributed by atoms with E-state index in [1.165, 1.54) is 44.6 Å². The second-order valence-corrected chi connectivity index (χ2v) is 9.62. The Morgan fingerprint density at radius 1 is 0.944 bits per heavy atom.